The molecule has 1 fully saturated rings. The smallest absolute Gasteiger partial charge is 0.303 e. The average Bonchev–Trinajstić information content (AvgIpc) is 3.42. The zero-order valence-electron chi connectivity index (χ0n) is 15.5. The number of amides is 1. The number of methoxy groups -OCH3 is 1. The van der Waals surface area contributed by atoms with E-state index in [1.54, 1.807) is 18.2 Å². The van der Waals surface area contributed by atoms with Gasteiger partial charge < -0.3 is 14.4 Å². The zero-order valence-corrected chi connectivity index (χ0v) is 16.3. The standard InChI is InChI=1S/C20H21ClN2O4/c1-10-17-13(8-23(10)16(25)9-27-11(2)24)7-22-20-14(17)6-15(26-3)18(19(20)21)12-4-5-12/h6-7,10,12H,4-5,8-9H2,1-3H3/t10-/m0/s1. The summed E-state index contributed by atoms with van der Waals surface area (Å²) in [7, 11) is 1.65. The minimum Gasteiger partial charge on any atom is -0.496 e. The highest BCUT2D eigenvalue weighted by Crippen LogP contribution is 2.51. The monoisotopic (exact) mass is 388 g/mol. The number of pyridine rings is 1. The van der Waals surface area contributed by atoms with E-state index < -0.39 is 5.97 Å². The minimum atomic E-state index is -0.469. The number of carbonyl (C=O) groups is 2. The average molecular weight is 389 g/mol. The van der Waals surface area contributed by atoms with E-state index in [-0.39, 0.29) is 18.6 Å². The lowest BCUT2D eigenvalue weighted by atomic mass is 9.98. The van der Waals surface area contributed by atoms with Crippen molar-refractivity contribution in [2.75, 3.05) is 13.7 Å². The highest BCUT2D eigenvalue weighted by atomic mass is 35.5. The topological polar surface area (TPSA) is 68.7 Å². The number of halogens is 1. The number of aromatic nitrogens is 1. The van der Waals surface area contributed by atoms with Crippen molar-refractivity contribution >= 4 is 34.4 Å². The first-order chi connectivity index (χ1) is 12.9. The number of esters is 1. The van der Waals surface area contributed by atoms with Gasteiger partial charge in [0, 0.05) is 30.6 Å². The van der Waals surface area contributed by atoms with E-state index in [2.05, 4.69) is 4.98 Å². The number of rotatable bonds is 4. The van der Waals surface area contributed by atoms with E-state index in [9.17, 15) is 9.59 Å². The van der Waals surface area contributed by atoms with Crippen LogP contribution in [0.3, 0.4) is 0 Å². The first-order valence-electron chi connectivity index (χ1n) is 9.03. The molecular weight excluding hydrogens is 368 g/mol. The molecule has 1 atom stereocenters. The van der Waals surface area contributed by atoms with Crippen molar-refractivity contribution in [2.24, 2.45) is 0 Å². The predicted octanol–water partition coefficient (Wildman–Crippen LogP) is 3.74. The fourth-order valence-electron chi connectivity index (χ4n) is 3.92. The number of hydrogen-bond donors (Lipinski definition) is 0. The molecule has 27 heavy (non-hydrogen) atoms. The molecule has 0 N–H and O–H groups in total. The van der Waals surface area contributed by atoms with Crippen molar-refractivity contribution in [3.63, 3.8) is 0 Å². The molecule has 0 bridgehead atoms. The SMILES string of the molecule is COc1cc2c3c(cnc2c(Cl)c1C1CC1)CN(C(=O)COC(C)=O)[C@H]3C. The Labute approximate surface area is 162 Å². The molecule has 1 aliphatic carbocycles. The van der Waals surface area contributed by atoms with Crippen molar-refractivity contribution in [1.82, 2.24) is 9.88 Å². The molecule has 0 saturated heterocycles. The van der Waals surface area contributed by atoms with Crippen molar-refractivity contribution in [3.8, 4) is 5.75 Å². The second kappa shape index (κ2) is 6.68. The normalized spacial score (nSPS) is 18.5. The Kier molecular flexibility index (Phi) is 4.46. The van der Waals surface area contributed by atoms with Crippen molar-refractivity contribution < 1.29 is 19.1 Å². The summed E-state index contributed by atoms with van der Waals surface area (Å²) in [6.07, 6.45) is 4.02. The number of carbonyl (C=O) groups excluding carboxylic acids is 2. The van der Waals surface area contributed by atoms with Gasteiger partial charge in [-0.2, -0.15) is 0 Å². The largest absolute Gasteiger partial charge is 0.496 e. The second-order valence-corrected chi connectivity index (χ2v) is 7.53. The third kappa shape index (κ3) is 3.02. The second-order valence-electron chi connectivity index (χ2n) is 7.15. The third-order valence-corrected chi connectivity index (χ3v) is 5.76. The van der Waals surface area contributed by atoms with Gasteiger partial charge in [0.15, 0.2) is 6.61 Å². The van der Waals surface area contributed by atoms with Gasteiger partial charge in [-0.25, -0.2) is 0 Å². The summed E-state index contributed by atoms with van der Waals surface area (Å²) in [6.45, 7) is 3.43. The van der Waals surface area contributed by atoms with Crippen LogP contribution in [0.2, 0.25) is 5.02 Å². The molecule has 4 rings (SSSR count). The van der Waals surface area contributed by atoms with Crippen LogP contribution in [0.25, 0.3) is 10.9 Å². The van der Waals surface area contributed by atoms with Crippen LogP contribution >= 0.6 is 11.6 Å². The summed E-state index contributed by atoms with van der Waals surface area (Å²) in [5.74, 6) is 0.520. The predicted molar refractivity (Wildman–Crippen MR) is 101 cm³/mol. The fraction of sp³-hybridized carbons (Fsp3) is 0.450. The molecule has 7 heteroatoms. The molecule has 1 saturated carbocycles. The number of fused-ring (bicyclic) bond motifs is 3. The maximum Gasteiger partial charge on any atom is 0.303 e. The van der Waals surface area contributed by atoms with Crippen LogP contribution in [0.1, 0.15) is 55.3 Å². The van der Waals surface area contributed by atoms with Gasteiger partial charge in [0.05, 0.1) is 23.7 Å². The molecule has 0 unspecified atom stereocenters. The van der Waals surface area contributed by atoms with Crippen LogP contribution in [0.15, 0.2) is 12.3 Å². The molecule has 1 aliphatic heterocycles. The molecule has 1 aromatic carbocycles. The van der Waals surface area contributed by atoms with E-state index in [1.165, 1.54) is 6.92 Å². The number of hydrogen-bond acceptors (Lipinski definition) is 5. The first kappa shape index (κ1) is 18.0. The summed E-state index contributed by atoms with van der Waals surface area (Å²) in [5, 5.41) is 1.56. The fourth-order valence-corrected chi connectivity index (χ4v) is 4.31. The molecule has 1 aromatic heterocycles. The van der Waals surface area contributed by atoms with E-state index in [1.807, 2.05) is 13.0 Å². The summed E-state index contributed by atoms with van der Waals surface area (Å²) in [5.41, 5.74) is 3.79. The third-order valence-electron chi connectivity index (χ3n) is 5.38. The molecule has 1 amide bonds. The summed E-state index contributed by atoms with van der Waals surface area (Å²) < 4.78 is 10.5. The van der Waals surface area contributed by atoms with E-state index in [0.717, 1.165) is 46.2 Å². The van der Waals surface area contributed by atoms with Gasteiger partial charge in [0.25, 0.3) is 5.91 Å². The van der Waals surface area contributed by atoms with Crippen LogP contribution in [0.5, 0.6) is 5.75 Å². The zero-order chi connectivity index (χ0) is 19.3. The number of benzene rings is 1. The van der Waals surface area contributed by atoms with Gasteiger partial charge in [0.1, 0.15) is 5.75 Å². The van der Waals surface area contributed by atoms with Gasteiger partial charge in [-0.15, -0.1) is 0 Å². The van der Waals surface area contributed by atoms with Gasteiger partial charge in [-0.05, 0) is 42.9 Å². The molecule has 0 radical (unpaired) electrons. The minimum absolute atomic E-state index is 0.166. The van der Waals surface area contributed by atoms with Gasteiger partial charge >= 0.3 is 5.97 Å². The van der Waals surface area contributed by atoms with Crippen molar-refractivity contribution in [2.45, 2.75) is 45.2 Å². The molecule has 2 aliphatic rings. The highest BCUT2D eigenvalue weighted by molar-refractivity contribution is 6.36. The molecule has 6 nitrogen and oxygen atoms in total. The van der Waals surface area contributed by atoms with Crippen molar-refractivity contribution in [1.29, 1.82) is 0 Å². The first-order valence-corrected chi connectivity index (χ1v) is 9.40. The summed E-state index contributed by atoms with van der Waals surface area (Å²) in [6, 6.07) is 1.83. The van der Waals surface area contributed by atoms with E-state index in [0.29, 0.717) is 17.5 Å². The quantitative estimate of drug-likeness (QED) is 0.746. The number of nitrogens with zero attached hydrogens (tertiary/aromatic N) is 2. The molecule has 2 aromatic rings. The Morgan fingerprint density at radius 1 is 1.33 bits per heavy atom. The maximum absolute atomic E-state index is 12.5. The van der Waals surface area contributed by atoms with Crippen LogP contribution in [0, 0.1) is 0 Å². The lowest BCUT2D eigenvalue weighted by Gasteiger charge is -2.22. The Balaban J connectivity index is 1.77. The van der Waals surface area contributed by atoms with Crippen LogP contribution in [0.4, 0.5) is 0 Å². The van der Waals surface area contributed by atoms with Gasteiger partial charge in [-0.3, -0.25) is 14.6 Å². The Hall–Kier alpha value is -2.34. The van der Waals surface area contributed by atoms with Gasteiger partial charge in [-0.1, -0.05) is 11.6 Å². The van der Waals surface area contributed by atoms with Gasteiger partial charge in [0.2, 0.25) is 0 Å². The molecule has 2 heterocycles. The Bertz CT molecular complexity index is 955. The molecule has 142 valence electrons. The summed E-state index contributed by atoms with van der Waals surface area (Å²) in [4.78, 5) is 29.8. The lowest BCUT2D eigenvalue weighted by Crippen LogP contribution is -2.32. The Morgan fingerprint density at radius 3 is 2.70 bits per heavy atom. The lowest BCUT2D eigenvalue weighted by molar-refractivity contribution is -0.151. The highest BCUT2D eigenvalue weighted by Gasteiger charge is 2.35. The van der Waals surface area contributed by atoms with Crippen LogP contribution in [-0.2, 0) is 20.9 Å². The summed E-state index contributed by atoms with van der Waals surface area (Å²) >= 11 is 6.71. The Morgan fingerprint density at radius 2 is 2.07 bits per heavy atom. The number of ether oxygens (including phenoxy) is 2. The van der Waals surface area contributed by atoms with E-state index in [4.69, 9.17) is 21.1 Å². The van der Waals surface area contributed by atoms with Crippen LogP contribution < -0.4 is 4.74 Å². The maximum atomic E-state index is 12.5. The molecule has 0 spiro atoms. The van der Waals surface area contributed by atoms with Crippen LogP contribution in [-0.4, -0.2) is 35.5 Å². The van der Waals surface area contributed by atoms with Crippen molar-refractivity contribution in [3.05, 3.63) is 34.0 Å². The van der Waals surface area contributed by atoms with E-state index >= 15 is 0 Å². The molecular formula is C20H21ClN2O4.